The molecule has 0 aromatic heterocycles. The highest BCUT2D eigenvalue weighted by Crippen LogP contribution is 2.28. The number of esters is 2. The van der Waals surface area contributed by atoms with Crippen molar-refractivity contribution in [1.82, 2.24) is 0 Å². The Labute approximate surface area is 258 Å². The number of carbonyl (C=O) groups is 2. The molecule has 0 aliphatic rings. The highest BCUT2D eigenvalue weighted by molar-refractivity contribution is 5.94. The monoisotopic (exact) mass is 610 g/mol. The molecule has 0 saturated heterocycles. The van der Waals surface area contributed by atoms with Gasteiger partial charge in [0.1, 0.15) is 11.5 Å². The van der Waals surface area contributed by atoms with Crippen LogP contribution in [0.15, 0.2) is 85.5 Å². The Morgan fingerprint density at radius 3 is 1.75 bits per heavy atom. The van der Waals surface area contributed by atoms with Crippen LogP contribution in [0, 0.1) is 0 Å². The molecule has 0 fully saturated rings. The van der Waals surface area contributed by atoms with Crippen molar-refractivity contribution >= 4 is 11.9 Å². The van der Waals surface area contributed by atoms with Gasteiger partial charge in [-0.25, -0.2) is 9.59 Å². The highest BCUT2D eigenvalue weighted by Gasteiger charge is 2.42. The molecule has 8 heteroatoms. The van der Waals surface area contributed by atoms with E-state index in [1.54, 1.807) is 12.1 Å². The summed E-state index contributed by atoms with van der Waals surface area (Å²) in [6, 6.07) is 19.9. The van der Waals surface area contributed by atoms with Crippen molar-refractivity contribution in [3.63, 3.8) is 0 Å². The Balaban J connectivity index is 1.46. The molecule has 0 aliphatic carbocycles. The number of alkyl halides is 3. The molecule has 0 N–H and O–H groups in total. The van der Waals surface area contributed by atoms with Crippen molar-refractivity contribution in [3.8, 4) is 22.6 Å². The summed E-state index contributed by atoms with van der Waals surface area (Å²) in [6.45, 7) is 6.33. The van der Waals surface area contributed by atoms with Crippen LogP contribution in [0.4, 0.5) is 13.2 Å². The third-order valence-corrected chi connectivity index (χ3v) is 7.12. The molecule has 5 nitrogen and oxygen atoms in total. The quantitative estimate of drug-likeness (QED) is 0.0621. The molecule has 0 bridgehead atoms. The first-order valence-corrected chi connectivity index (χ1v) is 15.3. The second-order valence-corrected chi connectivity index (χ2v) is 10.6. The van der Waals surface area contributed by atoms with E-state index in [1.165, 1.54) is 75.3 Å². The van der Waals surface area contributed by atoms with E-state index in [2.05, 4.69) is 18.2 Å². The van der Waals surface area contributed by atoms with Crippen LogP contribution in [0.1, 0.15) is 91.8 Å². The summed E-state index contributed by atoms with van der Waals surface area (Å²) in [6.07, 6.45) is 4.07. The number of allylic oxidation sites excluding steroid dienone is 1. The molecule has 0 unspecified atom stereocenters. The fourth-order valence-corrected chi connectivity index (χ4v) is 4.55. The SMILES string of the molecule is C=CCC[C@H](OC(=O)c1ccc(C(=O)Oc2ccc(-c3ccc(OCCCCCCCCCC)cc3)cc2)cc1)C(F)(F)F. The Bertz CT molecular complexity index is 1300. The first-order chi connectivity index (χ1) is 21.2. The lowest BCUT2D eigenvalue weighted by Crippen LogP contribution is -2.33. The summed E-state index contributed by atoms with van der Waals surface area (Å²) >= 11 is 0. The van der Waals surface area contributed by atoms with Crippen molar-refractivity contribution in [2.75, 3.05) is 6.61 Å². The van der Waals surface area contributed by atoms with Gasteiger partial charge < -0.3 is 14.2 Å². The predicted molar refractivity (Wildman–Crippen MR) is 166 cm³/mol. The fourth-order valence-electron chi connectivity index (χ4n) is 4.55. The largest absolute Gasteiger partial charge is 0.494 e. The normalized spacial score (nSPS) is 11.9. The number of ether oxygens (including phenoxy) is 3. The van der Waals surface area contributed by atoms with Gasteiger partial charge in [0.25, 0.3) is 0 Å². The Kier molecular flexibility index (Phi) is 14.0. The summed E-state index contributed by atoms with van der Waals surface area (Å²) in [5.41, 5.74) is 1.95. The first-order valence-electron chi connectivity index (χ1n) is 15.3. The summed E-state index contributed by atoms with van der Waals surface area (Å²) in [5, 5.41) is 0. The molecular formula is C36H41F3O5. The summed E-state index contributed by atoms with van der Waals surface area (Å²) in [7, 11) is 0. The minimum absolute atomic E-state index is 0.0455. The average molecular weight is 611 g/mol. The summed E-state index contributed by atoms with van der Waals surface area (Å²) in [5.74, 6) is -0.651. The van der Waals surface area contributed by atoms with Crippen molar-refractivity contribution in [2.45, 2.75) is 83.4 Å². The van der Waals surface area contributed by atoms with Crippen LogP contribution in [-0.4, -0.2) is 30.8 Å². The minimum atomic E-state index is -4.69. The number of halogens is 3. The van der Waals surface area contributed by atoms with E-state index in [-0.39, 0.29) is 17.5 Å². The summed E-state index contributed by atoms with van der Waals surface area (Å²) in [4.78, 5) is 24.9. The van der Waals surface area contributed by atoms with Gasteiger partial charge in [-0.15, -0.1) is 6.58 Å². The molecule has 0 radical (unpaired) electrons. The number of unbranched alkanes of at least 4 members (excludes halogenated alkanes) is 7. The van der Waals surface area contributed by atoms with E-state index in [0.717, 1.165) is 23.3 Å². The molecule has 0 amide bonds. The van der Waals surface area contributed by atoms with Crippen molar-refractivity contribution < 1.29 is 37.0 Å². The molecule has 0 saturated carbocycles. The molecule has 3 rings (SSSR count). The van der Waals surface area contributed by atoms with Gasteiger partial charge in [0.15, 0.2) is 6.10 Å². The van der Waals surface area contributed by atoms with Crippen molar-refractivity contribution in [3.05, 3.63) is 96.6 Å². The van der Waals surface area contributed by atoms with Crippen LogP contribution in [0.2, 0.25) is 0 Å². The minimum Gasteiger partial charge on any atom is -0.494 e. The van der Waals surface area contributed by atoms with Gasteiger partial charge >= 0.3 is 18.1 Å². The number of rotatable bonds is 18. The third kappa shape index (κ3) is 11.5. The molecule has 0 heterocycles. The maximum absolute atomic E-state index is 13.2. The molecule has 0 aliphatic heterocycles. The Hall–Kier alpha value is -4.07. The number of benzene rings is 3. The lowest BCUT2D eigenvalue weighted by molar-refractivity contribution is -0.205. The Morgan fingerprint density at radius 2 is 1.23 bits per heavy atom. The lowest BCUT2D eigenvalue weighted by Gasteiger charge is -2.20. The van der Waals surface area contributed by atoms with E-state index >= 15 is 0 Å². The van der Waals surface area contributed by atoms with E-state index in [0.29, 0.717) is 12.4 Å². The number of carbonyl (C=O) groups excluding carboxylic acids is 2. The van der Waals surface area contributed by atoms with E-state index in [1.807, 2.05) is 36.4 Å². The van der Waals surface area contributed by atoms with Gasteiger partial charge in [-0.1, -0.05) is 82.2 Å². The van der Waals surface area contributed by atoms with Gasteiger partial charge in [0.2, 0.25) is 0 Å². The van der Waals surface area contributed by atoms with Gasteiger partial charge in [-0.05, 0) is 78.9 Å². The predicted octanol–water partition coefficient (Wildman–Crippen LogP) is 10.1. The molecule has 3 aromatic rings. The smallest absolute Gasteiger partial charge is 0.425 e. The summed E-state index contributed by atoms with van der Waals surface area (Å²) < 4.78 is 55.5. The zero-order chi connectivity index (χ0) is 31.8. The van der Waals surface area contributed by atoms with Gasteiger partial charge in [-0.3, -0.25) is 0 Å². The van der Waals surface area contributed by atoms with Gasteiger partial charge in [0.05, 0.1) is 17.7 Å². The van der Waals surface area contributed by atoms with Crippen molar-refractivity contribution in [1.29, 1.82) is 0 Å². The average Bonchev–Trinajstić information content (AvgIpc) is 3.02. The maximum atomic E-state index is 13.2. The first kappa shape index (κ1) is 34.4. The molecule has 44 heavy (non-hydrogen) atoms. The second kappa shape index (κ2) is 17.9. The number of hydrogen-bond acceptors (Lipinski definition) is 5. The zero-order valence-corrected chi connectivity index (χ0v) is 25.2. The van der Waals surface area contributed by atoms with Crippen LogP contribution < -0.4 is 9.47 Å². The van der Waals surface area contributed by atoms with Crippen LogP contribution in [-0.2, 0) is 4.74 Å². The van der Waals surface area contributed by atoms with Crippen LogP contribution in [0.5, 0.6) is 11.5 Å². The second-order valence-electron chi connectivity index (χ2n) is 10.6. The molecule has 0 spiro atoms. The lowest BCUT2D eigenvalue weighted by atomic mass is 10.1. The molecule has 3 aromatic carbocycles. The fraction of sp³-hybridized carbons (Fsp3) is 0.389. The van der Waals surface area contributed by atoms with Crippen LogP contribution >= 0.6 is 0 Å². The van der Waals surface area contributed by atoms with Gasteiger partial charge in [-0.2, -0.15) is 13.2 Å². The molecular weight excluding hydrogens is 569 g/mol. The maximum Gasteiger partial charge on any atom is 0.425 e. The standard InChI is InChI=1S/C36H41F3O5/c1-3-5-7-8-9-10-11-12-26-42-31-22-18-27(19-23-31)28-20-24-32(25-21-28)43-34(40)29-14-16-30(17-15-29)35(41)44-33(13-6-4-2)36(37,38)39/h4,14-25,33H,2-3,5-13,26H2,1H3/t33-/m0/s1. The number of hydrogen-bond donors (Lipinski definition) is 0. The van der Waals surface area contributed by atoms with E-state index in [4.69, 9.17) is 9.47 Å². The topological polar surface area (TPSA) is 61.8 Å². The Morgan fingerprint density at radius 1 is 0.727 bits per heavy atom. The van der Waals surface area contributed by atoms with Crippen molar-refractivity contribution in [2.24, 2.45) is 0 Å². The van der Waals surface area contributed by atoms with E-state index in [9.17, 15) is 22.8 Å². The third-order valence-electron chi connectivity index (χ3n) is 7.12. The van der Waals surface area contributed by atoms with Crippen LogP contribution in [0.3, 0.4) is 0 Å². The molecule has 236 valence electrons. The van der Waals surface area contributed by atoms with Crippen LogP contribution in [0.25, 0.3) is 11.1 Å². The van der Waals surface area contributed by atoms with Gasteiger partial charge in [0, 0.05) is 0 Å². The zero-order valence-electron chi connectivity index (χ0n) is 25.2. The molecule has 1 atom stereocenters. The highest BCUT2D eigenvalue weighted by atomic mass is 19.4. The van der Waals surface area contributed by atoms with E-state index < -0.39 is 30.6 Å².